The number of ether oxygens (including phenoxy) is 1. The summed E-state index contributed by atoms with van der Waals surface area (Å²) in [6.45, 7) is 1.92. The number of benzene rings is 2. The van der Waals surface area contributed by atoms with E-state index >= 15 is 0 Å². The fraction of sp³-hybridized carbons (Fsp3) is 0.0769. The first-order valence-electron chi connectivity index (χ1n) is 5.19. The highest BCUT2D eigenvalue weighted by atomic mass is 16.5. The Balaban J connectivity index is 2.31. The van der Waals surface area contributed by atoms with E-state index in [4.69, 9.17) is 16.2 Å². The van der Waals surface area contributed by atoms with E-state index in [0.29, 0.717) is 22.9 Å². The van der Waals surface area contributed by atoms with Crippen LogP contribution in [-0.2, 0) is 0 Å². The molecule has 2 aromatic carbocycles. The van der Waals surface area contributed by atoms with Crippen LogP contribution in [0.3, 0.4) is 0 Å². The van der Waals surface area contributed by atoms with Gasteiger partial charge in [-0.15, -0.1) is 0 Å². The van der Waals surface area contributed by atoms with E-state index in [1.807, 2.05) is 13.0 Å². The summed E-state index contributed by atoms with van der Waals surface area (Å²) in [6.07, 6.45) is 0. The molecule has 0 unspecified atom stereocenters. The molecule has 0 atom stereocenters. The zero-order valence-electron chi connectivity index (χ0n) is 9.47. The predicted octanol–water partition coefficient (Wildman–Crippen LogP) is 2.66. The Labute approximate surface area is 99.4 Å². The van der Waals surface area contributed by atoms with Gasteiger partial charge in [0.1, 0.15) is 11.5 Å². The number of nitrogens with two attached hydrogens (primary N) is 2. The van der Waals surface area contributed by atoms with Crippen LogP contribution >= 0.6 is 0 Å². The number of aromatic hydroxyl groups is 1. The van der Waals surface area contributed by atoms with Crippen molar-refractivity contribution in [3.63, 3.8) is 0 Å². The molecule has 0 aliphatic carbocycles. The highest BCUT2D eigenvalue weighted by Gasteiger charge is 2.04. The van der Waals surface area contributed by atoms with Crippen molar-refractivity contribution in [1.82, 2.24) is 0 Å². The Morgan fingerprint density at radius 3 is 2.47 bits per heavy atom. The van der Waals surface area contributed by atoms with Crippen LogP contribution in [-0.4, -0.2) is 5.11 Å². The smallest absolute Gasteiger partial charge is 0.153 e. The molecule has 88 valence electrons. The maximum Gasteiger partial charge on any atom is 0.153 e. The lowest BCUT2D eigenvalue weighted by Gasteiger charge is -2.10. The third-order valence-electron chi connectivity index (χ3n) is 2.48. The van der Waals surface area contributed by atoms with Crippen LogP contribution in [0.15, 0.2) is 36.4 Å². The third-order valence-corrected chi connectivity index (χ3v) is 2.48. The van der Waals surface area contributed by atoms with Crippen molar-refractivity contribution in [2.75, 3.05) is 11.5 Å². The average Bonchev–Trinajstić information content (AvgIpc) is 2.29. The number of phenols is 1. The normalized spacial score (nSPS) is 10.2. The summed E-state index contributed by atoms with van der Waals surface area (Å²) in [6, 6.07) is 9.94. The van der Waals surface area contributed by atoms with Gasteiger partial charge in [-0.25, -0.2) is 0 Å². The van der Waals surface area contributed by atoms with Gasteiger partial charge in [0.2, 0.25) is 0 Å². The summed E-state index contributed by atoms with van der Waals surface area (Å²) in [5.74, 6) is 1.10. The molecule has 0 amide bonds. The molecule has 2 aromatic rings. The number of anilines is 2. The molecule has 0 aliphatic heterocycles. The first-order chi connectivity index (χ1) is 8.06. The van der Waals surface area contributed by atoms with Crippen molar-refractivity contribution in [3.05, 3.63) is 42.0 Å². The molecule has 17 heavy (non-hydrogen) atoms. The fourth-order valence-corrected chi connectivity index (χ4v) is 1.42. The lowest BCUT2D eigenvalue weighted by atomic mass is 10.2. The van der Waals surface area contributed by atoms with Crippen molar-refractivity contribution in [2.45, 2.75) is 6.92 Å². The quantitative estimate of drug-likeness (QED) is 0.547. The SMILES string of the molecule is Cc1ccc(Oc2cc(O)ccc2N)cc1N. The van der Waals surface area contributed by atoms with Crippen molar-refractivity contribution < 1.29 is 9.84 Å². The van der Waals surface area contributed by atoms with Gasteiger partial charge >= 0.3 is 0 Å². The average molecular weight is 230 g/mol. The number of phenolic OH excluding ortho intramolecular Hbond substituents is 1. The molecule has 0 saturated carbocycles. The van der Waals surface area contributed by atoms with Gasteiger partial charge in [0, 0.05) is 17.8 Å². The molecule has 4 heteroatoms. The standard InChI is InChI=1S/C13H14N2O2/c1-8-2-4-10(7-12(8)15)17-13-6-9(16)3-5-11(13)14/h2-7,16H,14-15H2,1H3. The molecular formula is C13H14N2O2. The van der Waals surface area contributed by atoms with Crippen LogP contribution in [0.5, 0.6) is 17.2 Å². The van der Waals surface area contributed by atoms with E-state index in [1.54, 1.807) is 18.2 Å². The minimum Gasteiger partial charge on any atom is -0.508 e. The van der Waals surface area contributed by atoms with Gasteiger partial charge in [0.25, 0.3) is 0 Å². The number of nitrogen functional groups attached to an aromatic ring is 2. The van der Waals surface area contributed by atoms with Gasteiger partial charge in [-0.05, 0) is 30.7 Å². The first kappa shape index (κ1) is 11.1. The van der Waals surface area contributed by atoms with Crippen LogP contribution < -0.4 is 16.2 Å². The maximum atomic E-state index is 9.35. The number of aryl methyl sites for hydroxylation is 1. The highest BCUT2D eigenvalue weighted by Crippen LogP contribution is 2.31. The molecule has 0 aromatic heterocycles. The minimum absolute atomic E-state index is 0.106. The van der Waals surface area contributed by atoms with E-state index in [2.05, 4.69) is 0 Å². The van der Waals surface area contributed by atoms with Gasteiger partial charge in [0.15, 0.2) is 5.75 Å². The van der Waals surface area contributed by atoms with Crippen LogP contribution in [0.25, 0.3) is 0 Å². The lowest BCUT2D eigenvalue weighted by molar-refractivity contribution is 0.456. The first-order valence-corrected chi connectivity index (χ1v) is 5.19. The molecule has 0 spiro atoms. The summed E-state index contributed by atoms with van der Waals surface area (Å²) in [5.41, 5.74) is 13.6. The Bertz CT molecular complexity index is 553. The second-order valence-electron chi connectivity index (χ2n) is 3.84. The molecular weight excluding hydrogens is 216 g/mol. The van der Waals surface area contributed by atoms with Gasteiger partial charge in [-0.1, -0.05) is 6.07 Å². The van der Waals surface area contributed by atoms with Crippen molar-refractivity contribution in [2.24, 2.45) is 0 Å². The van der Waals surface area contributed by atoms with E-state index in [-0.39, 0.29) is 5.75 Å². The van der Waals surface area contributed by atoms with Crippen LogP contribution in [0, 0.1) is 6.92 Å². The summed E-state index contributed by atoms with van der Waals surface area (Å²) in [7, 11) is 0. The highest BCUT2D eigenvalue weighted by molar-refractivity contribution is 5.58. The van der Waals surface area contributed by atoms with E-state index in [0.717, 1.165) is 5.56 Å². The number of hydrogen-bond donors (Lipinski definition) is 3. The number of hydrogen-bond acceptors (Lipinski definition) is 4. The Hall–Kier alpha value is -2.36. The third kappa shape index (κ3) is 2.42. The van der Waals surface area contributed by atoms with E-state index in [1.165, 1.54) is 12.1 Å². The van der Waals surface area contributed by atoms with Crippen LogP contribution in [0.4, 0.5) is 11.4 Å². The molecule has 0 aliphatic rings. The summed E-state index contributed by atoms with van der Waals surface area (Å²) >= 11 is 0. The molecule has 0 saturated heterocycles. The second kappa shape index (κ2) is 4.25. The lowest BCUT2D eigenvalue weighted by Crippen LogP contribution is -1.94. The fourth-order valence-electron chi connectivity index (χ4n) is 1.42. The predicted molar refractivity (Wildman–Crippen MR) is 68.2 cm³/mol. The zero-order chi connectivity index (χ0) is 12.4. The molecule has 4 nitrogen and oxygen atoms in total. The van der Waals surface area contributed by atoms with E-state index in [9.17, 15) is 5.11 Å². The largest absolute Gasteiger partial charge is 0.508 e. The van der Waals surface area contributed by atoms with Gasteiger partial charge in [-0.3, -0.25) is 0 Å². The van der Waals surface area contributed by atoms with Crippen LogP contribution in [0.2, 0.25) is 0 Å². The topological polar surface area (TPSA) is 81.5 Å². The van der Waals surface area contributed by atoms with Gasteiger partial charge in [0.05, 0.1) is 5.69 Å². The molecule has 0 bridgehead atoms. The Morgan fingerprint density at radius 2 is 1.76 bits per heavy atom. The summed E-state index contributed by atoms with van der Waals surface area (Å²) in [4.78, 5) is 0. The molecule has 2 rings (SSSR count). The zero-order valence-corrected chi connectivity index (χ0v) is 9.47. The molecule has 0 heterocycles. The molecule has 5 N–H and O–H groups in total. The van der Waals surface area contributed by atoms with Gasteiger partial charge in [-0.2, -0.15) is 0 Å². The summed E-state index contributed by atoms with van der Waals surface area (Å²) < 4.78 is 5.56. The van der Waals surface area contributed by atoms with Crippen molar-refractivity contribution in [1.29, 1.82) is 0 Å². The van der Waals surface area contributed by atoms with Crippen molar-refractivity contribution in [3.8, 4) is 17.2 Å². The number of rotatable bonds is 2. The van der Waals surface area contributed by atoms with E-state index < -0.39 is 0 Å². The summed E-state index contributed by atoms with van der Waals surface area (Å²) in [5, 5.41) is 9.35. The van der Waals surface area contributed by atoms with Gasteiger partial charge < -0.3 is 21.3 Å². The second-order valence-corrected chi connectivity index (χ2v) is 3.84. The molecule has 0 fully saturated rings. The minimum atomic E-state index is 0.106. The monoisotopic (exact) mass is 230 g/mol. The van der Waals surface area contributed by atoms with Crippen molar-refractivity contribution >= 4 is 11.4 Å². The Morgan fingerprint density at radius 1 is 1.00 bits per heavy atom. The molecule has 0 radical (unpaired) electrons. The Kier molecular flexibility index (Phi) is 2.78. The van der Waals surface area contributed by atoms with Crippen LogP contribution in [0.1, 0.15) is 5.56 Å². The maximum absolute atomic E-state index is 9.35.